The van der Waals surface area contributed by atoms with E-state index >= 15 is 0 Å². The van der Waals surface area contributed by atoms with Crippen LogP contribution >= 0.6 is 23.4 Å². The lowest BCUT2D eigenvalue weighted by Gasteiger charge is -2.08. The number of thioether (sulfide) groups is 1. The molecular weight excluding hydrogens is 312 g/mol. The summed E-state index contributed by atoms with van der Waals surface area (Å²) in [5.74, 6) is 0.772. The van der Waals surface area contributed by atoms with Gasteiger partial charge in [-0.15, -0.1) is 0 Å². The van der Waals surface area contributed by atoms with Crippen molar-refractivity contribution in [2.24, 2.45) is 5.92 Å². The summed E-state index contributed by atoms with van der Waals surface area (Å²) in [6.07, 6.45) is 1.54. The van der Waals surface area contributed by atoms with Crippen LogP contribution < -0.4 is 5.56 Å². The molecule has 1 unspecified atom stereocenters. The van der Waals surface area contributed by atoms with E-state index in [1.54, 1.807) is 30.1 Å². The number of carbonyl (C=O) groups excluding carboxylic acids is 1. The van der Waals surface area contributed by atoms with E-state index < -0.39 is 0 Å². The topological polar surface area (TPSA) is 60.7 Å². The van der Waals surface area contributed by atoms with E-state index in [9.17, 15) is 9.59 Å². The molecule has 0 saturated heterocycles. The molecule has 2 aromatic heterocycles. The van der Waals surface area contributed by atoms with Crippen LogP contribution in [0, 0.1) is 5.92 Å². The molecule has 0 bridgehead atoms. The molecule has 0 fully saturated rings. The predicted molar refractivity (Wildman–Crippen MR) is 83.8 cm³/mol. The van der Waals surface area contributed by atoms with E-state index in [0.29, 0.717) is 27.9 Å². The summed E-state index contributed by atoms with van der Waals surface area (Å²) >= 11 is 7.40. The fraction of sp³-hybridized carbons (Fsp3) is 0.357. The molecule has 21 heavy (non-hydrogen) atoms. The van der Waals surface area contributed by atoms with E-state index in [-0.39, 0.29) is 17.4 Å². The van der Waals surface area contributed by atoms with Gasteiger partial charge in [0.25, 0.3) is 5.56 Å². The number of hydrogen-bond donors (Lipinski definition) is 0. The van der Waals surface area contributed by atoms with Gasteiger partial charge in [-0.1, -0.05) is 18.5 Å². The molecular formula is C14H15ClN2O3S. The Morgan fingerprint density at radius 1 is 1.52 bits per heavy atom. The molecule has 0 spiro atoms. The Morgan fingerprint density at radius 2 is 2.29 bits per heavy atom. The number of pyridine rings is 1. The molecule has 2 aromatic rings. The highest BCUT2D eigenvalue weighted by molar-refractivity contribution is 7.98. The van der Waals surface area contributed by atoms with Crippen molar-refractivity contribution in [3.8, 4) is 0 Å². The Labute approximate surface area is 131 Å². The van der Waals surface area contributed by atoms with Crippen molar-refractivity contribution >= 4 is 35.0 Å². The maximum Gasteiger partial charge on any atom is 0.309 e. The third kappa shape index (κ3) is 3.98. The van der Waals surface area contributed by atoms with E-state index in [1.165, 1.54) is 17.6 Å². The number of rotatable bonds is 5. The van der Waals surface area contributed by atoms with E-state index in [2.05, 4.69) is 9.72 Å². The minimum absolute atomic E-state index is 0.167. The SMILES string of the molecule is COC(=O)C(C)CSCc1cc(=O)n2cc(Cl)ccc2n1. The standard InChI is InChI=1S/C14H15ClN2O3S/c1-9(14(19)20-2)7-21-8-11-5-13(18)17-6-10(15)3-4-12(17)16-11/h3-6,9H,7-8H2,1-2H3. The molecule has 7 heteroatoms. The number of methoxy groups -OCH3 is 1. The second kappa shape index (κ2) is 6.95. The fourth-order valence-electron chi connectivity index (χ4n) is 1.81. The second-order valence-corrected chi connectivity index (χ2v) is 6.07. The molecule has 0 aliphatic carbocycles. The highest BCUT2D eigenvalue weighted by Gasteiger charge is 2.13. The van der Waals surface area contributed by atoms with Crippen LogP contribution in [0.1, 0.15) is 12.6 Å². The van der Waals surface area contributed by atoms with Crippen molar-refractivity contribution in [2.75, 3.05) is 12.9 Å². The first-order chi connectivity index (χ1) is 10.0. The van der Waals surface area contributed by atoms with Crippen LogP contribution in [0.15, 0.2) is 29.2 Å². The van der Waals surface area contributed by atoms with Gasteiger partial charge in [0.1, 0.15) is 5.65 Å². The first-order valence-electron chi connectivity index (χ1n) is 6.34. The van der Waals surface area contributed by atoms with Gasteiger partial charge in [-0.05, 0) is 12.1 Å². The lowest BCUT2D eigenvalue weighted by atomic mass is 10.2. The molecule has 0 aliphatic heterocycles. The summed E-state index contributed by atoms with van der Waals surface area (Å²) in [5, 5.41) is 0.487. The molecule has 112 valence electrons. The first-order valence-corrected chi connectivity index (χ1v) is 7.88. The minimum atomic E-state index is -0.233. The van der Waals surface area contributed by atoms with E-state index in [4.69, 9.17) is 11.6 Å². The molecule has 0 aliphatic rings. The Kier molecular flexibility index (Phi) is 5.25. The number of nitrogens with zero attached hydrogens (tertiary/aromatic N) is 2. The highest BCUT2D eigenvalue weighted by atomic mass is 35.5. The predicted octanol–water partition coefficient (Wildman–Crippen LogP) is 2.39. The summed E-state index contributed by atoms with van der Waals surface area (Å²) < 4.78 is 6.08. The molecule has 2 heterocycles. The zero-order chi connectivity index (χ0) is 15.4. The van der Waals surface area contributed by atoms with Gasteiger partial charge < -0.3 is 4.74 Å². The summed E-state index contributed by atoms with van der Waals surface area (Å²) in [4.78, 5) is 27.7. The smallest absolute Gasteiger partial charge is 0.309 e. The lowest BCUT2D eigenvalue weighted by Crippen LogP contribution is -2.16. The van der Waals surface area contributed by atoms with Gasteiger partial charge in [-0.25, -0.2) is 4.98 Å². The Bertz CT molecular complexity index is 717. The van der Waals surface area contributed by atoms with Crippen LogP contribution in [0.25, 0.3) is 5.65 Å². The number of halogens is 1. The largest absolute Gasteiger partial charge is 0.469 e. The Balaban J connectivity index is 2.08. The number of fused-ring (bicyclic) bond motifs is 1. The molecule has 1 atom stereocenters. The molecule has 0 aromatic carbocycles. The average Bonchev–Trinajstić information content (AvgIpc) is 2.47. The maximum absolute atomic E-state index is 12.0. The van der Waals surface area contributed by atoms with Crippen molar-refractivity contribution in [3.63, 3.8) is 0 Å². The normalized spacial score (nSPS) is 12.3. The average molecular weight is 327 g/mol. The number of hydrogen-bond acceptors (Lipinski definition) is 5. The van der Waals surface area contributed by atoms with Gasteiger partial charge in [0.15, 0.2) is 0 Å². The number of ether oxygens (including phenoxy) is 1. The molecule has 0 amide bonds. The van der Waals surface area contributed by atoms with Gasteiger partial charge in [0, 0.05) is 23.8 Å². The van der Waals surface area contributed by atoms with Gasteiger partial charge in [0.2, 0.25) is 0 Å². The molecule has 2 rings (SSSR count). The zero-order valence-corrected chi connectivity index (χ0v) is 13.3. The number of esters is 1. The highest BCUT2D eigenvalue weighted by Crippen LogP contribution is 2.15. The van der Waals surface area contributed by atoms with Gasteiger partial charge >= 0.3 is 5.97 Å². The molecule has 0 radical (unpaired) electrons. The molecule has 0 saturated carbocycles. The van der Waals surface area contributed by atoms with Crippen molar-refractivity contribution in [1.29, 1.82) is 0 Å². The first kappa shape index (κ1) is 15.9. The number of carbonyl (C=O) groups is 1. The third-order valence-corrected chi connectivity index (χ3v) is 4.36. The van der Waals surface area contributed by atoms with Crippen LogP contribution in [-0.2, 0) is 15.3 Å². The van der Waals surface area contributed by atoms with Crippen LogP contribution in [0.4, 0.5) is 0 Å². The van der Waals surface area contributed by atoms with Crippen molar-refractivity contribution in [2.45, 2.75) is 12.7 Å². The van der Waals surface area contributed by atoms with Gasteiger partial charge in [-0.3, -0.25) is 14.0 Å². The van der Waals surface area contributed by atoms with Crippen LogP contribution in [0.2, 0.25) is 5.02 Å². The Morgan fingerprint density at radius 3 is 3.00 bits per heavy atom. The van der Waals surface area contributed by atoms with Crippen molar-refractivity contribution in [3.05, 3.63) is 45.5 Å². The summed E-state index contributed by atoms with van der Waals surface area (Å²) in [7, 11) is 1.38. The van der Waals surface area contributed by atoms with Crippen LogP contribution in [0.3, 0.4) is 0 Å². The van der Waals surface area contributed by atoms with E-state index in [1.807, 2.05) is 6.92 Å². The summed E-state index contributed by atoms with van der Waals surface area (Å²) in [6.45, 7) is 1.81. The zero-order valence-electron chi connectivity index (χ0n) is 11.7. The second-order valence-electron chi connectivity index (χ2n) is 4.60. The van der Waals surface area contributed by atoms with Crippen molar-refractivity contribution < 1.29 is 9.53 Å². The van der Waals surface area contributed by atoms with E-state index in [0.717, 1.165) is 0 Å². The molecule has 5 nitrogen and oxygen atoms in total. The fourth-order valence-corrected chi connectivity index (χ4v) is 2.93. The monoisotopic (exact) mass is 326 g/mol. The summed E-state index contributed by atoms with van der Waals surface area (Å²) in [5.41, 5.74) is 1.08. The minimum Gasteiger partial charge on any atom is -0.469 e. The lowest BCUT2D eigenvalue weighted by molar-refractivity contribution is -0.143. The van der Waals surface area contributed by atoms with Gasteiger partial charge in [0.05, 0.1) is 23.7 Å². The van der Waals surface area contributed by atoms with Crippen LogP contribution in [-0.4, -0.2) is 28.2 Å². The molecule has 0 N–H and O–H groups in total. The number of aromatic nitrogens is 2. The van der Waals surface area contributed by atoms with Crippen molar-refractivity contribution in [1.82, 2.24) is 9.38 Å². The Hall–Kier alpha value is -1.53. The van der Waals surface area contributed by atoms with Gasteiger partial charge in [-0.2, -0.15) is 11.8 Å². The summed E-state index contributed by atoms with van der Waals surface area (Å²) in [6, 6.07) is 4.88. The van der Waals surface area contributed by atoms with Crippen LogP contribution in [0.5, 0.6) is 0 Å². The quantitative estimate of drug-likeness (QED) is 0.790. The maximum atomic E-state index is 12.0. The third-order valence-electron chi connectivity index (χ3n) is 2.90.